The van der Waals surface area contributed by atoms with Crippen LogP contribution >= 0.6 is 0 Å². The summed E-state index contributed by atoms with van der Waals surface area (Å²) < 4.78 is 0. The molecule has 1 aromatic heterocycles. The monoisotopic (exact) mass is 358 g/mol. The number of urea groups is 1. The molecule has 0 bridgehead atoms. The number of carbonyl (C=O) groups is 3. The molecule has 3 rings (SSSR count). The Bertz CT molecular complexity index is 681. The van der Waals surface area contributed by atoms with Crippen molar-refractivity contribution in [1.82, 2.24) is 20.1 Å². The fraction of sp³-hybridized carbons (Fsp3) is 0.579. The minimum atomic E-state index is -0.790. The third-order valence-corrected chi connectivity index (χ3v) is 5.25. The first kappa shape index (κ1) is 18.4. The first-order valence-electron chi connectivity index (χ1n) is 9.22. The van der Waals surface area contributed by atoms with Crippen LogP contribution < -0.4 is 5.32 Å². The molecule has 1 aromatic rings. The number of aromatic nitrogens is 1. The molecule has 0 aromatic carbocycles. The van der Waals surface area contributed by atoms with Gasteiger partial charge in [0.1, 0.15) is 5.54 Å². The van der Waals surface area contributed by atoms with E-state index in [-0.39, 0.29) is 23.8 Å². The summed E-state index contributed by atoms with van der Waals surface area (Å²) in [6, 6.07) is 3.52. The summed E-state index contributed by atoms with van der Waals surface area (Å²) in [6.07, 6.45) is 5.57. The van der Waals surface area contributed by atoms with Gasteiger partial charge in [-0.15, -0.1) is 0 Å². The van der Waals surface area contributed by atoms with E-state index in [4.69, 9.17) is 0 Å². The SMILES string of the molecule is CC(C)CN1C(=O)NC(=O)C12CCN(C(=O)CCc1cccnc1)CC2. The van der Waals surface area contributed by atoms with Gasteiger partial charge in [-0.05, 0) is 36.8 Å². The summed E-state index contributed by atoms with van der Waals surface area (Å²) >= 11 is 0. The molecule has 0 aliphatic carbocycles. The third-order valence-electron chi connectivity index (χ3n) is 5.25. The van der Waals surface area contributed by atoms with Gasteiger partial charge >= 0.3 is 6.03 Å². The topological polar surface area (TPSA) is 82.6 Å². The molecular weight excluding hydrogens is 332 g/mol. The van der Waals surface area contributed by atoms with Crippen LogP contribution in [0.5, 0.6) is 0 Å². The smallest absolute Gasteiger partial charge is 0.325 e. The number of piperidine rings is 1. The highest BCUT2D eigenvalue weighted by Crippen LogP contribution is 2.34. The van der Waals surface area contributed by atoms with E-state index in [1.165, 1.54) is 0 Å². The van der Waals surface area contributed by atoms with E-state index in [0.717, 1.165) is 5.56 Å². The highest BCUT2D eigenvalue weighted by Gasteiger charge is 2.54. The molecule has 0 unspecified atom stereocenters. The number of likely N-dealkylation sites (tertiary alicyclic amines) is 1. The number of amides is 4. The number of pyridine rings is 1. The van der Waals surface area contributed by atoms with Gasteiger partial charge in [0.05, 0.1) is 0 Å². The highest BCUT2D eigenvalue weighted by molar-refractivity contribution is 6.07. The van der Waals surface area contributed by atoms with Gasteiger partial charge in [-0.2, -0.15) is 0 Å². The van der Waals surface area contributed by atoms with Crippen LogP contribution in [0.4, 0.5) is 4.79 Å². The Hall–Kier alpha value is -2.44. The molecule has 4 amide bonds. The van der Waals surface area contributed by atoms with E-state index in [2.05, 4.69) is 10.3 Å². The van der Waals surface area contributed by atoms with Crippen LogP contribution in [0.15, 0.2) is 24.5 Å². The maximum atomic E-state index is 12.5. The van der Waals surface area contributed by atoms with Crippen LogP contribution in [-0.2, 0) is 16.0 Å². The van der Waals surface area contributed by atoms with Gasteiger partial charge in [0, 0.05) is 38.4 Å². The Morgan fingerprint density at radius 1 is 1.31 bits per heavy atom. The molecule has 7 heteroatoms. The predicted molar refractivity (Wildman–Crippen MR) is 96.2 cm³/mol. The van der Waals surface area contributed by atoms with Crippen molar-refractivity contribution >= 4 is 17.8 Å². The zero-order chi connectivity index (χ0) is 18.7. The molecule has 2 fully saturated rings. The van der Waals surface area contributed by atoms with E-state index < -0.39 is 5.54 Å². The van der Waals surface area contributed by atoms with Crippen molar-refractivity contribution in [3.8, 4) is 0 Å². The summed E-state index contributed by atoms with van der Waals surface area (Å²) in [7, 11) is 0. The normalized spacial score (nSPS) is 19.3. The lowest BCUT2D eigenvalue weighted by atomic mass is 9.85. The summed E-state index contributed by atoms with van der Waals surface area (Å²) in [4.78, 5) is 44.7. The molecule has 1 N–H and O–H groups in total. The van der Waals surface area contributed by atoms with Crippen molar-refractivity contribution in [2.45, 2.75) is 45.1 Å². The fourth-order valence-corrected chi connectivity index (χ4v) is 3.80. The summed E-state index contributed by atoms with van der Waals surface area (Å²) in [5.74, 6) is 0.150. The number of imide groups is 1. The number of hydrogen-bond acceptors (Lipinski definition) is 4. The Balaban J connectivity index is 1.59. The maximum Gasteiger partial charge on any atom is 0.325 e. The number of carbonyl (C=O) groups excluding carboxylic acids is 3. The Labute approximate surface area is 153 Å². The van der Waals surface area contributed by atoms with Gasteiger partial charge in [0.2, 0.25) is 5.91 Å². The van der Waals surface area contributed by atoms with Gasteiger partial charge < -0.3 is 9.80 Å². The molecule has 2 aliphatic rings. The molecule has 0 atom stereocenters. The summed E-state index contributed by atoms with van der Waals surface area (Å²) in [5, 5.41) is 2.46. The molecule has 140 valence electrons. The third kappa shape index (κ3) is 3.57. The average molecular weight is 358 g/mol. The summed E-state index contributed by atoms with van der Waals surface area (Å²) in [6.45, 7) is 5.61. The van der Waals surface area contributed by atoms with Crippen LogP contribution in [-0.4, -0.2) is 57.8 Å². The van der Waals surface area contributed by atoms with E-state index in [9.17, 15) is 14.4 Å². The highest BCUT2D eigenvalue weighted by atomic mass is 16.2. The number of nitrogens with one attached hydrogen (secondary N) is 1. The Morgan fingerprint density at radius 3 is 2.65 bits per heavy atom. The molecule has 7 nitrogen and oxygen atoms in total. The molecule has 1 spiro atoms. The Morgan fingerprint density at radius 2 is 2.04 bits per heavy atom. The standard InChI is InChI=1S/C19H26N4O3/c1-14(2)13-23-18(26)21-17(25)19(23)7-10-22(11-8-19)16(24)6-5-15-4-3-9-20-12-15/h3-4,9,12,14H,5-8,10-11,13H2,1-2H3,(H,21,25,26). The fourth-order valence-electron chi connectivity index (χ4n) is 3.80. The van der Waals surface area contributed by atoms with Crippen LogP contribution in [0.3, 0.4) is 0 Å². The van der Waals surface area contributed by atoms with Crippen LogP contribution in [0, 0.1) is 5.92 Å². The van der Waals surface area contributed by atoms with Crippen LogP contribution in [0.1, 0.15) is 38.7 Å². The van der Waals surface area contributed by atoms with Crippen molar-refractivity contribution in [2.75, 3.05) is 19.6 Å². The Kier molecular flexibility index (Phi) is 5.25. The quantitative estimate of drug-likeness (QED) is 0.810. The average Bonchev–Trinajstić information content (AvgIpc) is 2.85. The first-order chi connectivity index (χ1) is 12.4. The molecule has 0 saturated carbocycles. The number of aryl methyl sites for hydroxylation is 1. The second-order valence-electron chi connectivity index (χ2n) is 7.54. The number of nitrogens with zero attached hydrogens (tertiary/aromatic N) is 3. The van der Waals surface area contributed by atoms with E-state index in [1.807, 2.05) is 30.9 Å². The zero-order valence-electron chi connectivity index (χ0n) is 15.4. The minimum absolute atomic E-state index is 0.0869. The molecule has 0 radical (unpaired) electrons. The second kappa shape index (κ2) is 7.43. The van der Waals surface area contributed by atoms with Crippen molar-refractivity contribution in [1.29, 1.82) is 0 Å². The largest absolute Gasteiger partial charge is 0.342 e. The predicted octanol–water partition coefficient (Wildman–Crippen LogP) is 1.58. The van der Waals surface area contributed by atoms with Gasteiger partial charge in [-0.3, -0.25) is 19.9 Å². The lowest BCUT2D eigenvalue weighted by molar-refractivity contribution is -0.138. The van der Waals surface area contributed by atoms with Crippen molar-refractivity contribution < 1.29 is 14.4 Å². The number of rotatable bonds is 5. The van der Waals surface area contributed by atoms with E-state index >= 15 is 0 Å². The van der Waals surface area contributed by atoms with Crippen LogP contribution in [0.2, 0.25) is 0 Å². The second-order valence-corrected chi connectivity index (χ2v) is 7.54. The molecular formula is C19H26N4O3. The van der Waals surface area contributed by atoms with Gasteiger partial charge in [-0.1, -0.05) is 19.9 Å². The lowest BCUT2D eigenvalue weighted by Gasteiger charge is -2.42. The van der Waals surface area contributed by atoms with Gasteiger partial charge in [0.25, 0.3) is 5.91 Å². The van der Waals surface area contributed by atoms with E-state index in [0.29, 0.717) is 45.3 Å². The minimum Gasteiger partial charge on any atom is -0.342 e. The van der Waals surface area contributed by atoms with Crippen molar-refractivity contribution in [2.24, 2.45) is 5.92 Å². The molecule has 2 saturated heterocycles. The molecule has 3 heterocycles. The molecule has 26 heavy (non-hydrogen) atoms. The lowest BCUT2D eigenvalue weighted by Crippen LogP contribution is -2.58. The van der Waals surface area contributed by atoms with Gasteiger partial charge in [0.15, 0.2) is 0 Å². The van der Waals surface area contributed by atoms with Crippen molar-refractivity contribution in [3.63, 3.8) is 0 Å². The van der Waals surface area contributed by atoms with E-state index in [1.54, 1.807) is 17.3 Å². The molecule has 2 aliphatic heterocycles. The zero-order valence-corrected chi connectivity index (χ0v) is 15.4. The number of hydrogen-bond donors (Lipinski definition) is 1. The summed E-state index contributed by atoms with van der Waals surface area (Å²) in [5.41, 5.74) is 0.250. The van der Waals surface area contributed by atoms with Gasteiger partial charge in [-0.25, -0.2) is 4.79 Å². The van der Waals surface area contributed by atoms with Crippen LogP contribution in [0.25, 0.3) is 0 Å². The maximum absolute atomic E-state index is 12.5. The van der Waals surface area contributed by atoms with Crippen molar-refractivity contribution in [3.05, 3.63) is 30.1 Å². The first-order valence-corrected chi connectivity index (χ1v) is 9.22.